The molecule has 0 saturated carbocycles. The van der Waals surface area contributed by atoms with Crippen LogP contribution in [0.15, 0.2) is 66.9 Å². The minimum atomic E-state index is 0.811. The monoisotopic (exact) mass is 277 g/mol. The van der Waals surface area contributed by atoms with Gasteiger partial charge in [0.2, 0.25) is 0 Å². The third kappa shape index (κ3) is 4.09. The first-order chi connectivity index (χ1) is 10.1. The van der Waals surface area contributed by atoms with Gasteiger partial charge in [-0.3, -0.25) is 0 Å². The van der Waals surface area contributed by atoms with Crippen molar-refractivity contribution in [3.05, 3.63) is 78.0 Å². The van der Waals surface area contributed by atoms with Gasteiger partial charge >= 0.3 is 0 Å². The van der Waals surface area contributed by atoms with Gasteiger partial charge in [0.05, 0.1) is 0 Å². The van der Waals surface area contributed by atoms with Gasteiger partial charge in [0.15, 0.2) is 0 Å². The van der Waals surface area contributed by atoms with E-state index in [0.29, 0.717) is 0 Å². The molecule has 0 spiro atoms. The highest BCUT2D eigenvalue weighted by molar-refractivity contribution is 5.69. The molecule has 0 aliphatic heterocycles. The van der Waals surface area contributed by atoms with Crippen LogP contribution in [-0.2, 0) is 6.42 Å². The maximum atomic E-state index is 6.01. The lowest BCUT2D eigenvalue weighted by Crippen LogP contribution is -2.01. The normalized spacial score (nSPS) is 11.4. The molecule has 1 heteroatoms. The number of allylic oxidation sites excluding steroid dienone is 3. The summed E-state index contributed by atoms with van der Waals surface area (Å²) in [7, 11) is 0. The first kappa shape index (κ1) is 15.1. The number of nitrogens with two attached hydrogens (primary N) is 1. The molecule has 0 radical (unpaired) electrons. The summed E-state index contributed by atoms with van der Waals surface area (Å²) in [5, 5.41) is 0. The topological polar surface area (TPSA) is 26.0 Å². The van der Waals surface area contributed by atoms with E-state index in [-0.39, 0.29) is 0 Å². The molecule has 2 aromatic rings. The average molecular weight is 277 g/mol. The van der Waals surface area contributed by atoms with Crippen LogP contribution in [0, 0.1) is 0 Å². The Morgan fingerprint density at radius 3 is 2.43 bits per heavy atom. The van der Waals surface area contributed by atoms with Crippen molar-refractivity contribution in [2.45, 2.75) is 26.7 Å². The van der Waals surface area contributed by atoms with Gasteiger partial charge < -0.3 is 5.73 Å². The molecule has 1 nitrogen and oxygen atoms in total. The summed E-state index contributed by atoms with van der Waals surface area (Å²) in [6, 6.07) is 17.1. The molecular formula is C20H23N. The molecular weight excluding hydrogens is 254 g/mol. The molecule has 2 rings (SSSR count). The summed E-state index contributed by atoms with van der Waals surface area (Å²) in [5.41, 5.74) is 12.9. The summed E-state index contributed by atoms with van der Waals surface area (Å²) in [6.45, 7) is 8.10. The van der Waals surface area contributed by atoms with Crippen molar-refractivity contribution < 1.29 is 0 Å². The largest absolute Gasteiger partial charge is 0.402 e. The Kier molecular flexibility index (Phi) is 4.99. The minimum absolute atomic E-state index is 0.811. The van der Waals surface area contributed by atoms with Crippen molar-refractivity contribution in [2.75, 3.05) is 0 Å². The smallest absolute Gasteiger partial charge is 0.0118 e. The van der Waals surface area contributed by atoms with E-state index in [2.05, 4.69) is 68.1 Å². The van der Waals surface area contributed by atoms with Crippen LogP contribution in [0.4, 0.5) is 0 Å². The van der Waals surface area contributed by atoms with Crippen LogP contribution in [-0.4, -0.2) is 0 Å². The second-order valence-electron chi connectivity index (χ2n) is 5.42. The van der Waals surface area contributed by atoms with E-state index in [9.17, 15) is 0 Å². The van der Waals surface area contributed by atoms with Crippen LogP contribution in [0.1, 0.15) is 31.4 Å². The van der Waals surface area contributed by atoms with Crippen LogP contribution < -0.4 is 5.73 Å². The van der Waals surface area contributed by atoms with Crippen molar-refractivity contribution in [3.63, 3.8) is 0 Å². The van der Waals surface area contributed by atoms with Crippen molar-refractivity contribution in [2.24, 2.45) is 5.73 Å². The maximum Gasteiger partial charge on any atom is 0.0118 e. The molecule has 21 heavy (non-hydrogen) atoms. The fraction of sp³-hybridized carbons (Fsp3) is 0.200. The van der Waals surface area contributed by atoms with Gasteiger partial charge in [0.1, 0.15) is 0 Å². The zero-order valence-corrected chi connectivity index (χ0v) is 12.9. The Labute approximate surface area is 127 Å². The SMILES string of the molecule is C=C(C)c1ccc(-c2cccc(CC(N)=CCC)c2)cc1. The van der Waals surface area contributed by atoms with Crippen LogP contribution in [0.25, 0.3) is 16.7 Å². The summed E-state index contributed by atoms with van der Waals surface area (Å²) in [4.78, 5) is 0. The van der Waals surface area contributed by atoms with Gasteiger partial charge in [0.25, 0.3) is 0 Å². The molecule has 2 N–H and O–H groups in total. The Morgan fingerprint density at radius 2 is 1.81 bits per heavy atom. The molecule has 0 aliphatic carbocycles. The lowest BCUT2D eigenvalue weighted by molar-refractivity contribution is 1.06. The third-order valence-corrected chi connectivity index (χ3v) is 3.51. The second-order valence-corrected chi connectivity index (χ2v) is 5.42. The molecule has 0 bridgehead atoms. The Hall–Kier alpha value is -2.28. The first-order valence-corrected chi connectivity index (χ1v) is 7.40. The Morgan fingerprint density at radius 1 is 1.10 bits per heavy atom. The molecule has 0 atom stereocenters. The molecule has 0 saturated heterocycles. The summed E-state index contributed by atoms with van der Waals surface area (Å²) >= 11 is 0. The predicted molar refractivity (Wildman–Crippen MR) is 92.9 cm³/mol. The van der Waals surface area contributed by atoms with Gasteiger partial charge in [-0.1, -0.05) is 73.7 Å². The Bertz CT molecular complexity index is 648. The zero-order chi connectivity index (χ0) is 15.2. The summed E-state index contributed by atoms with van der Waals surface area (Å²) < 4.78 is 0. The van der Waals surface area contributed by atoms with Crippen molar-refractivity contribution in [3.8, 4) is 11.1 Å². The quantitative estimate of drug-likeness (QED) is 0.800. The van der Waals surface area contributed by atoms with Gasteiger partial charge in [-0.15, -0.1) is 0 Å². The number of benzene rings is 2. The van der Waals surface area contributed by atoms with E-state index in [1.54, 1.807) is 0 Å². The molecule has 0 heterocycles. The van der Waals surface area contributed by atoms with Crippen LogP contribution in [0.5, 0.6) is 0 Å². The Balaban J connectivity index is 2.24. The fourth-order valence-corrected chi connectivity index (χ4v) is 2.38. The highest BCUT2D eigenvalue weighted by Gasteiger charge is 2.01. The van der Waals surface area contributed by atoms with E-state index in [1.165, 1.54) is 22.3 Å². The highest BCUT2D eigenvalue weighted by Crippen LogP contribution is 2.23. The fourth-order valence-electron chi connectivity index (χ4n) is 2.38. The van der Waals surface area contributed by atoms with E-state index in [0.717, 1.165) is 24.1 Å². The summed E-state index contributed by atoms with van der Waals surface area (Å²) in [6.07, 6.45) is 3.87. The number of hydrogen-bond donors (Lipinski definition) is 1. The van der Waals surface area contributed by atoms with Crippen molar-refractivity contribution >= 4 is 5.57 Å². The third-order valence-electron chi connectivity index (χ3n) is 3.51. The number of rotatable bonds is 5. The summed E-state index contributed by atoms with van der Waals surface area (Å²) in [5.74, 6) is 0. The van der Waals surface area contributed by atoms with Gasteiger partial charge in [-0.25, -0.2) is 0 Å². The molecule has 0 aromatic heterocycles. The van der Waals surface area contributed by atoms with E-state index in [4.69, 9.17) is 5.73 Å². The standard InChI is InChI=1S/C20H23N/c1-4-6-20(21)14-16-7-5-8-19(13-16)18-11-9-17(10-12-18)15(2)3/h5-13H,2,4,14,21H2,1,3H3. The lowest BCUT2D eigenvalue weighted by atomic mass is 9.99. The maximum absolute atomic E-state index is 6.01. The van der Waals surface area contributed by atoms with Crippen LogP contribution >= 0.6 is 0 Å². The van der Waals surface area contributed by atoms with Gasteiger partial charge in [-0.2, -0.15) is 0 Å². The zero-order valence-electron chi connectivity index (χ0n) is 12.9. The highest BCUT2D eigenvalue weighted by atomic mass is 14.6. The van der Waals surface area contributed by atoms with E-state index >= 15 is 0 Å². The van der Waals surface area contributed by atoms with Crippen molar-refractivity contribution in [1.29, 1.82) is 0 Å². The molecule has 0 amide bonds. The van der Waals surface area contributed by atoms with Crippen LogP contribution in [0.2, 0.25) is 0 Å². The van der Waals surface area contributed by atoms with Gasteiger partial charge in [0, 0.05) is 12.1 Å². The van der Waals surface area contributed by atoms with Crippen molar-refractivity contribution in [1.82, 2.24) is 0 Å². The van der Waals surface area contributed by atoms with E-state index < -0.39 is 0 Å². The van der Waals surface area contributed by atoms with Gasteiger partial charge in [-0.05, 0) is 35.6 Å². The molecule has 0 unspecified atom stereocenters. The minimum Gasteiger partial charge on any atom is -0.402 e. The molecule has 0 fully saturated rings. The predicted octanol–water partition coefficient (Wildman–Crippen LogP) is 5.18. The second kappa shape index (κ2) is 6.94. The average Bonchev–Trinajstić information content (AvgIpc) is 2.48. The molecule has 2 aromatic carbocycles. The molecule has 108 valence electrons. The first-order valence-electron chi connectivity index (χ1n) is 7.40. The lowest BCUT2D eigenvalue weighted by Gasteiger charge is -2.07. The van der Waals surface area contributed by atoms with E-state index in [1.807, 2.05) is 6.92 Å². The van der Waals surface area contributed by atoms with Crippen LogP contribution in [0.3, 0.4) is 0 Å². The molecule has 0 aliphatic rings. The number of hydrogen-bond acceptors (Lipinski definition) is 1.